The second-order valence-corrected chi connectivity index (χ2v) is 10.7. The summed E-state index contributed by atoms with van der Waals surface area (Å²) in [4.78, 5) is 7.08. The summed E-state index contributed by atoms with van der Waals surface area (Å²) in [6.45, 7) is 4.04. The van der Waals surface area contributed by atoms with Crippen LogP contribution < -0.4 is 4.74 Å². The maximum absolute atomic E-state index is 15.7. The van der Waals surface area contributed by atoms with Gasteiger partial charge in [0.2, 0.25) is 0 Å². The molecule has 9 heteroatoms. The van der Waals surface area contributed by atoms with Crippen molar-refractivity contribution in [1.82, 2.24) is 14.8 Å². The van der Waals surface area contributed by atoms with E-state index in [2.05, 4.69) is 4.98 Å². The molecule has 0 amide bonds. The largest absolute Gasteiger partial charge is 0.492 e. The van der Waals surface area contributed by atoms with Crippen LogP contribution >= 0.6 is 0 Å². The first-order valence-electron chi connectivity index (χ1n) is 12.8. The number of aromatic amines is 1. The van der Waals surface area contributed by atoms with Gasteiger partial charge in [-0.3, -0.25) is 14.2 Å². The van der Waals surface area contributed by atoms with E-state index in [4.69, 9.17) is 4.74 Å². The van der Waals surface area contributed by atoms with Crippen molar-refractivity contribution in [3.8, 4) is 5.75 Å². The van der Waals surface area contributed by atoms with Crippen LogP contribution in [0.25, 0.3) is 10.9 Å². The average molecular weight is 520 g/mol. The molecule has 3 aromatic rings. The van der Waals surface area contributed by atoms with Crippen LogP contribution in [0, 0.1) is 17.6 Å². The van der Waals surface area contributed by atoms with Gasteiger partial charge in [-0.05, 0) is 31.9 Å². The van der Waals surface area contributed by atoms with Crippen LogP contribution in [0.5, 0.6) is 5.75 Å². The van der Waals surface area contributed by atoms with Gasteiger partial charge >= 0.3 is 0 Å². The fraction of sp³-hybridized carbons (Fsp3) is 0.500. The zero-order valence-corrected chi connectivity index (χ0v) is 21.1. The molecule has 2 aliphatic heterocycles. The Labute approximate surface area is 214 Å². The number of nitrogens with one attached hydrogen (secondary N) is 1. The Kier molecular flexibility index (Phi) is 7.22. The van der Waals surface area contributed by atoms with Crippen LogP contribution in [0.4, 0.5) is 17.6 Å². The lowest BCUT2D eigenvalue weighted by Crippen LogP contribution is -2.50. The predicted molar refractivity (Wildman–Crippen MR) is 134 cm³/mol. The number of H-pyrrole nitrogens is 1. The van der Waals surface area contributed by atoms with Gasteiger partial charge in [0.25, 0.3) is 0 Å². The number of aliphatic hydroxyl groups is 1. The zero-order valence-electron chi connectivity index (χ0n) is 21.1. The van der Waals surface area contributed by atoms with Gasteiger partial charge in [0.05, 0.1) is 19.3 Å². The van der Waals surface area contributed by atoms with Crippen molar-refractivity contribution in [2.24, 2.45) is 5.92 Å². The molecule has 3 atom stereocenters. The molecule has 1 fully saturated rings. The van der Waals surface area contributed by atoms with Crippen molar-refractivity contribution in [2.45, 2.75) is 38.0 Å². The number of aliphatic hydroxyl groups excluding tert-OH is 1. The van der Waals surface area contributed by atoms with E-state index < -0.39 is 30.0 Å². The predicted octanol–water partition coefficient (Wildman–Crippen LogP) is 4.78. The van der Waals surface area contributed by atoms with Crippen molar-refractivity contribution < 1.29 is 27.4 Å². The second-order valence-electron chi connectivity index (χ2n) is 10.7. The highest BCUT2D eigenvalue weighted by Crippen LogP contribution is 2.43. The number of alkyl halides is 2. The van der Waals surface area contributed by atoms with Gasteiger partial charge in [0.15, 0.2) is 0 Å². The van der Waals surface area contributed by atoms with Crippen molar-refractivity contribution in [3.63, 3.8) is 0 Å². The van der Waals surface area contributed by atoms with Gasteiger partial charge in [-0.2, -0.15) is 0 Å². The summed E-state index contributed by atoms with van der Waals surface area (Å²) in [6, 6.07) is 8.85. The Morgan fingerprint density at radius 1 is 1.16 bits per heavy atom. The molecule has 5 nitrogen and oxygen atoms in total. The molecule has 0 bridgehead atoms. The number of likely N-dealkylation sites (tertiary alicyclic amines) is 1. The fourth-order valence-electron chi connectivity index (χ4n) is 5.65. The summed E-state index contributed by atoms with van der Waals surface area (Å²) >= 11 is 0. The van der Waals surface area contributed by atoms with Gasteiger partial charge in [0.1, 0.15) is 29.7 Å². The van der Waals surface area contributed by atoms with E-state index in [9.17, 15) is 9.50 Å². The first kappa shape index (κ1) is 26.0. The third kappa shape index (κ3) is 5.09. The van der Waals surface area contributed by atoms with Crippen molar-refractivity contribution in [1.29, 1.82) is 0 Å². The number of rotatable bonds is 9. The molecule has 200 valence electrons. The van der Waals surface area contributed by atoms with E-state index in [-0.39, 0.29) is 43.1 Å². The van der Waals surface area contributed by atoms with Crippen LogP contribution in [0.3, 0.4) is 0 Å². The second kappa shape index (κ2) is 10.3. The Morgan fingerprint density at radius 2 is 1.86 bits per heavy atom. The summed E-state index contributed by atoms with van der Waals surface area (Å²) in [5, 5.41) is 10.6. The standard InChI is InChI=1S/C28H33F4N3O2/c1-17-9-21-20-5-3-4-6-24(20)33-26(21)27(35(17)15-28(2,32)16-36)25-22(30)10-19(11-23(25)31)37-8-7-34-13-18(12-29)14-34/h3-6,10-11,17-18,27,33,36H,7-9,12-16H2,1-2H3/t17-,27-,28+/m1/s1. The highest BCUT2D eigenvalue weighted by Gasteiger charge is 2.42. The van der Waals surface area contributed by atoms with Gasteiger partial charge in [-0.25, -0.2) is 13.2 Å². The zero-order chi connectivity index (χ0) is 26.3. The fourth-order valence-corrected chi connectivity index (χ4v) is 5.65. The van der Waals surface area contributed by atoms with Gasteiger partial charge in [-0.1, -0.05) is 18.2 Å². The van der Waals surface area contributed by atoms with E-state index >= 15 is 13.2 Å². The molecule has 1 saturated heterocycles. The normalized spacial score (nSPS) is 22.6. The Bertz CT molecular complexity index is 1230. The van der Waals surface area contributed by atoms with Gasteiger partial charge in [0, 0.05) is 72.4 Å². The molecule has 0 unspecified atom stereocenters. The quantitative estimate of drug-likeness (QED) is 0.400. The number of hydrogen-bond donors (Lipinski definition) is 2. The number of benzene rings is 2. The van der Waals surface area contributed by atoms with E-state index in [1.807, 2.05) is 36.1 Å². The van der Waals surface area contributed by atoms with Crippen molar-refractivity contribution >= 4 is 10.9 Å². The smallest absolute Gasteiger partial charge is 0.143 e. The maximum Gasteiger partial charge on any atom is 0.143 e. The number of hydrogen-bond acceptors (Lipinski definition) is 4. The molecule has 3 heterocycles. The molecular formula is C28H33F4N3O2. The Hall–Kier alpha value is -2.62. The van der Waals surface area contributed by atoms with Gasteiger partial charge in [-0.15, -0.1) is 0 Å². The SMILES string of the molecule is C[C@@H]1Cc2c([nH]c3ccccc23)[C@@H](c2c(F)cc(OCCN3CC(CF)C3)cc2F)N1C[C@](C)(F)CO. The van der Waals surface area contributed by atoms with Crippen LogP contribution in [0.2, 0.25) is 0 Å². The molecule has 0 spiro atoms. The van der Waals surface area contributed by atoms with Crippen molar-refractivity contribution in [2.75, 3.05) is 46.1 Å². The third-order valence-corrected chi connectivity index (χ3v) is 7.61. The van der Waals surface area contributed by atoms with E-state index in [1.165, 1.54) is 19.1 Å². The van der Waals surface area contributed by atoms with Crippen LogP contribution in [-0.2, 0) is 6.42 Å². The first-order chi connectivity index (χ1) is 17.7. The minimum absolute atomic E-state index is 0.0570. The average Bonchev–Trinajstić information content (AvgIpc) is 3.20. The summed E-state index contributed by atoms with van der Waals surface area (Å²) in [5.41, 5.74) is 0.283. The first-order valence-corrected chi connectivity index (χ1v) is 12.8. The summed E-state index contributed by atoms with van der Waals surface area (Å²) < 4.78 is 64.6. The minimum Gasteiger partial charge on any atom is -0.492 e. The topological polar surface area (TPSA) is 51.7 Å². The molecule has 1 aromatic heterocycles. The van der Waals surface area contributed by atoms with Crippen molar-refractivity contribution in [3.05, 3.63) is 64.9 Å². The molecule has 5 rings (SSSR count). The molecule has 37 heavy (non-hydrogen) atoms. The summed E-state index contributed by atoms with van der Waals surface area (Å²) in [7, 11) is 0. The molecule has 2 N–H and O–H groups in total. The maximum atomic E-state index is 15.7. The third-order valence-electron chi connectivity index (χ3n) is 7.61. The lowest BCUT2D eigenvalue weighted by molar-refractivity contribution is 0.0162. The van der Waals surface area contributed by atoms with E-state index in [1.54, 1.807) is 4.90 Å². The number of nitrogens with zero attached hydrogens (tertiary/aromatic N) is 2. The Morgan fingerprint density at radius 3 is 2.54 bits per heavy atom. The number of ether oxygens (including phenoxy) is 1. The molecule has 0 saturated carbocycles. The number of para-hydroxylation sites is 1. The molecular weight excluding hydrogens is 486 g/mol. The molecule has 2 aromatic carbocycles. The molecule has 0 radical (unpaired) electrons. The lowest BCUT2D eigenvalue weighted by atomic mass is 9.87. The monoisotopic (exact) mass is 519 g/mol. The lowest BCUT2D eigenvalue weighted by Gasteiger charge is -2.43. The highest BCUT2D eigenvalue weighted by molar-refractivity contribution is 5.85. The van der Waals surface area contributed by atoms with Gasteiger partial charge < -0.3 is 14.8 Å². The van der Waals surface area contributed by atoms with E-state index in [0.717, 1.165) is 16.5 Å². The van der Waals surface area contributed by atoms with Crippen LogP contribution in [-0.4, -0.2) is 77.7 Å². The van der Waals surface area contributed by atoms with E-state index in [0.29, 0.717) is 31.7 Å². The number of aromatic nitrogens is 1. The van der Waals surface area contributed by atoms with Crippen LogP contribution in [0.1, 0.15) is 36.7 Å². The molecule has 0 aliphatic carbocycles. The highest BCUT2D eigenvalue weighted by atomic mass is 19.1. The minimum atomic E-state index is -1.95. The molecule has 2 aliphatic rings. The Balaban J connectivity index is 1.47. The number of fused-ring (bicyclic) bond motifs is 3. The number of halogens is 4. The summed E-state index contributed by atoms with van der Waals surface area (Å²) in [6.07, 6.45) is 0.571. The summed E-state index contributed by atoms with van der Waals surface area (Å²) in [5.74, 6) is -1.44. The van der Waals surface area contributed by atoms with Crippen LogP contribution in [0.15, 0.2) is 36.4 Å².